The number of hydrogen-bond donors (Lipinski definition) is 3. The van der Waals surface area contributed by atoms with E-state index in [0.717, 1.165) is 22.5 Å². The Kier molecular flexibility index (Phi) is 7.14. The molecule has 4 aromatic rings. The molecule has 0 saturated heterocycles. The number of nitrogens with zero attached hydrogens (tertiary/aromatic N) is 3. The molecule has 2 heterocycles. The van der Waals surface area contributed by atoms with Gasteiger partial charge in [0.2, 0.25) is 5.95 Å². The lowest BCUT2D eigenvalue weighted by molar-refractivity contribution is 0.102. The number of hydrogen-bond acceptors (Lipinski definition) is 8. The molecule has 2 aromatic heterocycles. The van der Waals surface area contributed by atoms with Gasteiger partial charge in [-0.15, -0.1) is 0 Å². The van der Waals surface area contributed by atoms with E-state index in [0.29, 0.717) is 17.2 Å². The van der Waals surface area contributed by atoms with Gasteiger partial charge >= 0.3 is 0 Å². The van der Waals surface area contributed by atoms with Gasteiger partial charge in [-0.1, -0.05) is 6.07 Å². The SMILES string of the molecule is CCOS(=N)(=O)c1ccc(C(=O)Nc2ccc(C)c(Nc3nccc(-c4ccncc4)n3)c2)cc1. The van der Waals surface area contributed by atoms with E-state index in [9.17, 15) is 9.00 Å². The standard InChI is InChI=1S/C25H24N6O3S/c1-3-34-35(26,33)21-8-5-19(6-9-21)24(32)29-20-7-4-17(2)23(16-20)31-25-28-15-12-22(30-25)18-10-13-27-14-11-18/h4-16,26H,3H2,1-2H3,(H,29,32)(H,28,30,31). The number of aromatic nitrogens is 3. The maximum atomic E-state index is 12.7. The first-order valence-electron chi connectivity index (χ1n) is 10.8. The molecule has 10 heteroatoms. The van der Waals surface area contributed by atoms with E-state index < -0.39 is 10.0 Å². The minimum Gasteiger partial charge on any atom is -0.324 e. The van der Waals surface area contributed by atoms with E-state index >= 15 is 0 Å². The van der Waals surface area contributed by atoms with E-state index in [1.54, 1.807) is 37.6 Å². The highest BCUT2D eigenvalue weighted by molar-refractivity contribution is 7.87. The fourth-order valence-electron chi connectivity index (χ4n) is 3.28. The van der Waals surface area contributed by atoms with Gasteiger partial charge in [-0.25, -0.2) is 19.0 Å². The maximum Gasteiger partial charge on any atom is 0.255 e. The first kappa shape index (κ1) is 24.0. The van der Waals surface area contributed by atoms with E-state index in [1.165, 1.54) is 24.3 Å². The van der Waals surface area contributed by atoms with Gasteiger partial charge in [-0.3, -0.25) is 14.0 Å². The van der Waals surface area contributed by atoms with Crippen molar-refractivity contribution in [2.24, 2.45) is 0 Å². The highest BCUT2D eigenvalue weighted by atomic mass is 32.2. The zero-order valence-electron chi connectivity index (χ0n) is 19.2. The van der Waals surface area contributed by atoms with Gasteiger partial charge in [0, 0.05) is 41.1 Å². The Labute approximate surface area is 203 Å². The number of carbonyl (C=O) groups is 1. The van der Waals surface area contributed by atoms with Crippen LogP contribution in [0.2, 0.25) is 0 Å². The lowest BCUT2D eigenvalue weighted by atomic mass is 10.1. The number of rotatable bonds is 8. The van der Waals surface area contributed by atoms with Crippen LogP contribution in [-0.2, 0) is 14.2 Å². The van der Waals surface area contributed by atoms with Crippen LogP contribution in [0.3, 0.4) is 0 Å². The lowest BCUT2D eigenvalue weighted by Crippen LogP contribution is -2.13. The van der Waals surface area contributed by atoms with Crippen LogP contribution in [0.15, 0.2) is 84.1 Å². The Balaban J connectivity index is 1.50. The van der Waals surface area contributed by atoms with E-state index in [-0.39, 0.29) is 17.4 Å². The predicted octanol–water partition coefficient (Wildman–Crippen LogP) is 5.20. The van der Waals surface area contributed by atoms with Gasteiger partial charge < -0.3 is 10.6 Å². The van der Waals surface area contributed by atoms with Crippen molar-refractivity contribution in [3.05, 3.63) is 90.4 Å². The molecule has 0 aliphatic heterocycles. The fourth-order valence-corrected chi connectivity index (χ4v) is 4.24. The van der Waals surface area contributed by atoms with Crippen LogP contribution in [0.5, 0.6) is 0 Å². The summed E-state index contributed by atoms with van der Waals surface area (Å²) in [6, 6.07) is 17.0. The summed E-state index contributed by atoms with van der Waals surface area (Å²) in [5.41, 5.74) is 4.33. The second-order valence-corrected chi connectivity index (χ2v) is 9.26. The second kappa shape index (κ2) is 10.4. The first-order valence-corrected chi connectivity index (χ1v) is 12.3. The van der Waals surface area contributed by atoms with Gasteiger partial charge in [0.15, 0.2) is 10.0 Å². The van der Waals surface area contributed by atoms with Gasteiger partial charge in [-0.2, -0.15) is 0 Å². The summed E-state index contributed by atoms with van der Waals surface area (Å²) in [7, 11) is -3.33. The number of aryl methyl sites for hydroxylation is 1. The molecule has 0 saturated carbocycles. The molecule has 0 aliphatic rings. The Bertz CT molecular complexity index is 1440. The molecular weight excluding hydrogens is 464 g/mol. The molecule has 1 unspecified atom stereocenters. The number of amides is 1. The van der Waals surface area contributed by atoms with Gasteiger partial charge in [0.1, 0.15) is 0 Å². The van der Waals surface area contributed by atoms with Gasteiger partial charge in [0.25, 0.3) is 5.91 Å². The third-order valence-electron chi connectivity index (χ3n) is 5.08. The Morgan fingerprint density at radius 3 is 2.49 bits per heavy atom. The molecule has 178 valence electrons. The van der Waals surface area contributed by atoms with Crippen LogP contribution in [0.4, 0.5) is 17.3 Å². The van der Waals surface area contributed by atoms with Crippen LogP contribution in [-0.4, -0.2) is 31.7 Å². The topological polar surface area (TPSA) is 130 Å². The van der Waals surface area contributed by atoms with Crippen molar-refractivity contribution in [3.63, 3.8) is 0 Å². The average Bonchev–Trinajstić information content (AvgIpc) is 2.87. The number of anilines is 3. The number of nitrogens with one attached hydrogen (secondary N) is 3. The van der Waals surface area contributed by atoms with Crippen molar-refractivity contribution < 1.29 is 13.2 Å². The highest BCUT2D eigenvalue weighted by Crippen LogP contribution is 2.25. The normalized spacial score (nSPS) is 12.5. The molecule has 1 atom stereocenters. The Morgan fingerprint density at radius 2 is 1.77 bits per heavy atom. The summed E-state index contributed by atoms with van der Waals surface area (Å²) in [4.78, 5) is 25.9. The molecule has 0 fully saturated rings. The number of carbonyl (C=O) groups excluding carboxylic acids is 1. The Hall–Kier alpha value is -4.15. The molecule has 0 spiro atoms. The summed E-state index contributed by atoms with van der Waals surface area (Å²) < 4.78 is 25.0. The molecule has 0 aliphatic carbocycles. The summed E-state index contributed by atoms with van der Waals surface area (Å²) >= 11 is 0. The third-order valence-corrected chi connectivity index (χ3v) is 6.54. The minimum atomic E-state index is -3.33. The zero-order chi connectivity index (χ0) is 24.8. The molecule has 1 amide bonds. The quantitative estimate of drug-likeness (QED) is 0.311. The predicted molar refractivity (Wildman–Crippen MR) is 135 cm³/mol. The van der Waals surface area contributed by atoms with E-state index in [2.05, 4.69) is 25.6 Å². The zero-order valence-corrected chi connectivity index (χ0v) is 20.0. The molecule has 0 radical (unpaired) electrons. The van der Waals surface area contributed by atoms with Crippen LogP contribution < -0.4 is 10.6 Å². The summed E-state index contributed by atoms with van der Waals surface area (Å²) in [5, 5.41) is 6.07. The monoisotopic (exact) mass is 488 g/mol. The van der Waals surface area contributed by atoms with Crippen LogP contribution in [0.1, 0.15) is 22.8 Å². The van der Waals surface area contributed by atoms with Crippen LogP contribution in [0, 0.1) is 11.7 Å². The largest absolute Gasteiger partial charge is 0.324 e. The van der Waals surface area contributed by atoms with E-state index in [1.807, 2.05) is 31.2 Å². The van der Waals surface area contributed by atoms with Crippen molar-refractivity contribution in [1.29, 1.82) is 4.78 Å². The second-order valence-electron chi connectivity index (χ2n) is 7.54. The third kappa shape index (κ3) is 5.86. The molecule has 0 bridgehead atoms. The first-order chi connectivity index (χ1) is 16.9. The van der Waals surface area contributed by atoms with Crippen molar-refractivity contribution >= 4 is 33.2 Å². The molecule has 4 rings (SSSR count). The molecular formula is C25H24N6O3S. The van der Waals surface area contributed by atoms with Gasteiger partial charge in [0.05, 0.1) is 17.2 Å². The smallest absolute Gasteiger partial charge is 0.255 e. The maximum absolute atomic E-state index is 12.7. The summed E-state index contributed by atoms with van der Waals surface area (Å²) in [6.45, 7) is 3.77. The number of pyridine rings is 1. The average molecular weight is 489 g/mol. The van der Waals surface area contributed by atoms with Crippen molar-refractivity contribution in [3.8, 4) is 11.3 Å². The summed E-state index contributed by atoms with van der Waals surface area (Å²) in [5.74, 6) is 0.0879. The van der Waals surface area contributed by atoms with E-state index in [4.69, 9.17) is 8.96 Å². The summed E-state index contributed by atoms with van der Waals surface area (Å²) in [6.07, 6.45) is 5.09. The van der Waals surface area contributed by atoms with Crippen molar-refractivity contribution in [2.75, 3.05) is 17.2 Å². The molecule has 2 aromatic carbocycles. The van der Waals surface area contributed by atoms with Gasteiger partial charge in [-0.05, 0) is 74.0 Å². The fraction of sp³-hybridized carbons (Fsp3) is 0.120. The Morgan fingerprint density at radius 1 is 1.03 bits per heavy atom. The molecule has 35 heavy (non-hydrogen) atoms. The van der Waals surface area contributed by atoms with Crippen molar-refractivity contribution in [1.82, 2.24) is 15.0 Å². The number of benzene rings is 2. The lowest BCUT2D eigenvalue weighted by Gasteiger charge is -2.12. The van der Waals surface area contributed by atoms with Crippen LogP contribution >= 0.6 is 0 Å². The van der Waals surface area contributed by atoms with Crippen LogP contribution in [0.25, 0.3) is 11.3 Å². The highest BCUT2D eigenvalue weighted by Gasteiger charge is 2.13. The molecule has 9 nitrogen and oxygen atoms in total. The molecule has 3 N–H and O–H groups in total. The minimum absolute atomic E-state index is 0.160. The van der Waals surface area contributed by atoms with Crippen molar-refractivity contribution in [2.45, 2.75) is 18.7 Å².